The van der Waals surface area contributed by atoms with E-state index < -0.39 is 10.0 Å². The summed E-state index contributed by atoms with van der Waals surface area (Å²) >= 11 is 5.98. The van der Waals surface area contributed by atoms with Gasteiger partial charge in [0, 0.05) is 28.7 Å². The lowest BCUT2D eigenvalue weighted by Crippen LogP contribution is -2.37. The fourth-order valence-electron chi connectivity index (χ4n) is 4.09. The molecule has 184 valence electrons. The van der Waals surface area contributed by atoms with Gasteiger partial charge >= 0.3 is 0 Å². The van der Waals surface area contributed by atoms with Crippen molar-refractivity contribution in [3.05, 3.63) is 88.7 Å². The minimum atomic E-state index is -3.81. The number of rotatable bonds is 7. The van der Waals surface area contributed by atoms with Crippen molar-refractivity contribution in [3.63, 3.8) is 0 Å². The highest BCUT2D eigenvalue weighted by Crippen LogP contribution is 2.25. The summed E-state index contributed by atoms with van der Waals surface area (Å²) < 4.78 is 42.0. The molecule has 35 heavy (non-hydrogen) atoms. The van der Waals surface area contributed by atoms with Crippen LogP contribution in [0.15, 0.2) is 71.6 Å². The number of benzene rings is 3. The van der Waals surface area contributed by atoms with Crippen LogP contribution in [0.2, 0.25) is 5.02 Å². The molecule has 1 aliphatic heterocycles. The molecule has 0 unspecified atom stereocenters. The molecule has 1 amide bonds. The van der Waals surface area contributed by atoms with Crippen molar-refractivity contribution in [2.45, 2.75) is 31.2 Å². The monoisotopic (exact) mass is 515 g/mol. The second-order valence-corrected chi connectivity index (χ2v) is 10.8. The van der Waals surface area contributed by atoms with E-state index in [2.05, 4.69) is 14.9 Å². The number of amides is 1. The fraction of sp³-hybridized carbons (Fsp3) is 0.269. The second kappa shape index (κ2) is 10.8. The molecule has 1 aliphatic rings. The number of sulfonamides is 1. The van der Waals surface area contributed by atoms with Gasteiger partial charge in [-0.3, -0.25) is 14.4 Å². The topological polar surface area (TPSA) is 78.5 Å². The van der Waals surface area contributed by atoms with Gasteiger partial charge in [0.1, 0.15) is 5.82 Å². The number of halogens is 2. The highest BCUT2D eigenvalue weighted by Gasteiger charge is 2.25. The van der Waals surface area contributed by atoms with Gasteiger partial charge in [0.15, 0.2) is 0 Å². The zero-order valence-electron chi connectivity index (χ0n) is 19.3. The summed E-state index contributed by atoms with van der Waals surface area (Å²) in [6.45, 7) is 3.73. The minimum Gasteiger partial charge on any atom is -0.326 e. The first-order valence-corrected chi connectivity index (χ1v) is 13.2. The molecule has 1 saturated heterocycles. The molecule has 0 spiro atoms. The molecular formula is C26H27ClFN3O3S. The number of carbonyl (C=O) groups is 1. The lowest BCUT2D eigenvalue weighted by Gasteiger charge is -2.31. The van der Waals surface area contributed by atoms with E-state index >= 15 is 0 Å². The highest BCUT2D eigenvalue weighted by molar-refractivity contribution is 7.92. The number of piperidine rings is 1. The van der Waals surface area contributed by atoms with E-state index in [1.165, 1.54) is 18.2 Å². The van der Waals surface area contributed by atoms with Crippen LogP contribution >= 0.6 is 11.6 Å². The van der Waals surface area contributed by atoms with E-state index in [1.807, 2.05) is 6.07 Å². The minimum absolute atomic E-state index is 0.0799. The Hall–Kier alpha value is -2.94. The van der Waals surface area contributed by atoms with E-state index in [1.54, 1.807) is 49.4 Å². The summed E-state index contributed by atoms with van der Waals surface area (Å²) in [5.41, 5.74) is 2.35. The van der Waals surface area contributed by atoms with E-state index in [-0.39, 0.29) is 22.5 Å². The lowest BCUT2D eigenvalue weighted by atomic mass is 9.95. The molecule has 1 heterocycles. The van der Waals surface area contributed by atoms with Crippen molar-refractivity contribution in [1.29, 1.82) is 0 Å². The number of likely N-dealkylation sites (tertiary alicyclic amines) is 1. The summed E-state index contributed by atoms with van der Waals surface area (Å²) in [6.07, 6.45) is 1.35. The normalized spacial score (nSPS) is 15.1. The van der Waals surface area contributed by atoms with Gasteiger partial charge in [-0.2, -0.15) is 0 Å². The van der Waals surface area contributed by atoms with Crippen molar-refractivity contribution >= 4 is 38.9 Å². The van der Waals surface area contributed by atoms with Gasteiger partial charge in [-0.1, -0.05) is 35.9 Å². The van der Waals surface area contributed by atoms with Gasteiger partial charge in [-0.15, -0.1) is 0 Å². The van der Waals surface area contributed by atoms with Crippen molar-refractivity contribution in [1.82, 2.24) is 4.90 Å². The third-order valence-electron chi connectivity index (χ3n) is 6.19. The Bertz CT molecular complexity index is 1310. The molecule has 0 aliphatic carbocycles. The summed E-state index contributed by atoms with van der Waals surface area (Å²) in [4.78, 5) is 15.0. The van der Waals surface area contributed by atoms with E-state index in [9.17, 15) is 17.6 Å². The number of carbonyl (C=O) groups excluding carboxylic acids is 1. The largest absolute Gasteiger partial charge is 0.326 e. The van der Waals surface area contributed by atoms with E-state index in [0.29, 0.717) is 54.4 Å². The number of hydrogen-bond acceptors (Lipinski definition) is 4. The molecule has 2 N–H and O–H groups in total. The first-order chi connectivity index (χ1) is 16.7. The van der Waals surface area contributed by atoms with Gasteiger partial charge in [0.2, 0.25) is 5.91 Å². The number of aryl methyl sites for hydroxylation is 1. The highest BCUT2D eigenvalue weighted by atomic mass is 35.5. The predicted octanol–water partition coefficient (Wildman–Crippen LogP) is 5.44. The average Bonchev–Trinajstić information content (AvgIpc) is 2.83. The molecular weight excluding hydrogens is 489 g/mol. The first kappa shape index (κ1) is 25.2. The summed E-state index contributed by atoms with van der Waals surface area (Å²) in [5.74, 6) is -0.461. The van der Waals surface area contributed by atoms with Crippen LogP contribution in [0.1, 0.15) is 24.0 Å². The Morgan fingerprint density at radius 1 is 1.06 bits per heavy atom. The van der Waals surface area contributed by atoms with Crippen LogP contribution in [0.25, 0.3) is 0 Å². The Morgan fingerprint density at radius 2 is 1.74 bits per heavy atom. The zero-order chi connectivity index (χ0) is 25.0. The molecule has 0 radical (unpaired) electrons. The van der Waals surface area contributed by atoms with Gasteiger partial charge in [-0.05, 0) is 80.9 Å². The number of hydrogen-bond donors (Lipinski definition) is 2. The average molecular weight is 516 g/mol. The van der Waals surface area contributed by atoms with Crippen molar-refractivity contribution < 1.29 is 17.6 Å². The third-order valence-corrected chi connectivity index (χ3v) is 7.80. The lowest BCUT2D eigenvalue weighted by molar-refractivity contribution is -0.121. The molecule has 4 rings (SSSR count). The molecule has 3 aromatic rings. The van der Waals surface area contributed by atoms with Crippen molar-refractivity contribution in [2.24, 2.45) is 5.92 Å². The molecule has 1 fully saturated rings. The summed E-state index contributed by atoms with van der Waals surface area (Å²) in [7, 11) is -3.81. The van der Waals surface area contributed by atoms with Crippen LogP contribution in [0.5, 0.6) is 0 Å². The SMILES string of the molecule is Cc1ccc(Cl)cc1NS(=O)(=O)c1ccc(NC(=O)C2CCN(Cc3ccccc3F)CC2)cc1. The quantitative estimate of drug-likeness (QED) is 0.439. The Morgan fingerprint density at radius 3 is 2.43 bits per heavy atom. The van der Waals surface area contributed by atoms with Gasteiger partial charge in [-0.25, -0.2) is 12.8 Å². The maximum atomic E-state index is 13.9. The first-order valence-electron chi connectivity index (χ1n) is 11.4. The molecule has 3 aromatic carbocycles. The number of nitrogens with zero attached hydrogens (tertiary/aromatic N) is 1. The Labute approximate surface area is 210 Å². The molecule has 0 saturated carbocycles. The zero-order valence-corrected chi connectivity index (χ0v) is 20.9. The summed E-state index contributed by atoms with van der Waals surface area (Å²) in [5, 5.41) is 3.31. The smallest absolute Gasteiger partial charge is 0.261 e. The Balaban J connectivity index is 1.32. The maximum absolute atomic E-state index is 13.9. The third kappa shape index (κ3) is 6.39. The molecule has 0 bridgehead atoms. The molecule has 9 heteroatoms. The molecule has 0 aromatic heterocycles. The van der Waals surface area contributed by atoms with E-state index in [0.717, 1.165) is 5.56 Å². The second-order valence-electron chi connectivity index (χ2n) is 8.72. The van der Waals surface area contributed by atoms with Crippen LogP contribution in [0.4, 0.5) is 15.8 Å². The predicted molar refractivity (Wildman–Crippen MR) is 136 cm³/mol. The van der Waals surface area contributed by atoms with Crippen LogP contribution in [0.3, 0.4) is 0 Å². The van der Waals surface area contributed by atoms with Crippen LogP contribution in [0, 0.1) is 18.7 Å². The van der Waals surface area contributed by atoms with Crippen LogP contribution < -0.4 is 10.0 Å². The Kier molecular flexibility index (Phi) is 7.74. The van der Waals surface area contributed by atoms with Crippen molar-refractivity contribution in [3.8, 4) is 0 Å². The van der Waals surface area contributed by atoms with Crippen molar-refractivity contribution in [2.75, 3.05) is 23.1 Å². The maximum Gasteiger partial charge on any atom is 0.261 e. The van der Waals surface area contributed by atoms with Gasteiger partial charge < -0.3 is 5.32 Å². The standard InChI is InChI=1S/C26H27ClFN3O3S/c1-18-6-7-21(27)16-25(18)30-35(33,34)23-10-8-22(9-11-23)29-26(32)19-12-14-31(15-13-19)17-20-4-2-3-5-24(20)28/h2-11,16,19,30H,12-15,17H2,1H3,(H,29,32). The fourth-order valence-corrected chi connectivity index (χ4v) is 5.38. The molecule has 6 nitrogen and oxygen atoms in total. The van der Waals surface area contributed by atoms with Crippen LogP contribution in [-0.4, -0.2) is 32.3 Å². The van der Waals surface area contributed by atoms with Gasteiger partial charge in [0.25, 0.3) is 10.0 Å². The van der Waals surface area contributed by atoms with E-state index in [4.69, 9.17) is 11.6 Å². The van der Waals surface area contributed by atoms with Crippen LogP contribution in [-0.2, 0) is 21.4 Å². The van der Waals surface area contributed by atoms with Gasteiger partial charge in [0.05, 0.1) is 10.6 Å². The summed E-state index contributed by atoms with van der Waals surface area (Å²) in [6, 6.07) is 17.8. The number of anilines is 2. The number of nitrogens with one attached hydrogen (secondary N) is 2. The molecule has 0 atom stereocenters.